The van der Waals surface area contributed by atoms with Crippen molar-refractivity contribution in [2.75, 3.05) is 0 Å². The van der Waals surface area contributed by atoms with Gasteiger partial charge in [0.2, 0.25) is 0 Å². The first-order valence-electron chi connectivity index (χ1n) is 8.57. The van der Waals surface area contributed by atoms with Crippen LogP contribution in [0.25, 0.3) is 0 Å². The van der Waals surface area contributed by atoms with Gasteiger partial charge in [-0.05, 0) is 58.4 Å². The lowest BCUT2D eigenvalue weighted by Crippen LogP contribution is -2.34. The minimum Gasteiger partial charge on any atom is -0.349 e. The number of hydrogen-bond acceptors (Lipinski definition) is 1. The molecule has 116 valence electrons. The third-order valence-electron chi connectivity index (χ3n) is 5.36. The van der Waals surface area contributed by atoms with Crippen LogP contribution in [0.2, 0.25) is 0 Å². The van der Waals surface area contributed by atoms with Crippen LogP contribution in [-0.2, 0) is 0 Å². The Hall–Kier alpha value is -1.25. The number of aromatic nitrogens is 1. The minimum absolute atomic E-state index is 0.115. The van der Waals surface area contributed by atoms with E-state index in [-0.39, 0.29) is 5.91 Å². The molecule has 2 aliphatic rings. The molecule has 0 aromatic carbocycles. The molecule has 1 heterocycles. The van der Waals surface area contributed by atoms with Crippen molar-refractivity contribution in [3.63, 3.8) is 0 Å². The molecule has 1 aromatic heterocycles. The lowest BCUT2D eigenvalue weighted by atomic mass is 9.95. The van der Waals surface area contributed by atoms with Gasteiger partial charge < -0.3 is 9.88 Å². The predicted octanol–water partition coefficient (Wildman–Crippen LogP) is 4.14. The fourth-order valence-corrected chi connectivity index (χ4v) is 3.91. The number of hydrogen-bond donors (Lipinski definition) is 1. The summed E-state index contributed by atoms with van der Waals surface area (Å²) in [6.07, 6.45) is 9.06. The number of rotatable bonds is 4. The fourth-order valence-electron chi connectivity index (χ4n) is 3.91. The first kappa shape index (κ1) is 14.7. The minimum atomic E-state index is 0.115. The smallest absolute Gasteiger partial charge is 0.253 e. The van der Waals surface area contributed by atoms with Gasteiger partial charge in [0.15, 0.2) is 0 Å². The van der Waals surface area contributed by atoms with Gasteiger partial charge >= 0.3 is 0 Å². The van der Waals surface area contributed by atoms with Gasteiger partial charge in [-0.25, -0.2) is 0 Å². The van der Waals surface area contributed by atoms with Gasteiger partial charge in [0, 0.05) is 23.5 Å². The topological polar surface area (TPSA) is 34.0 Å². The second-order valence-corrected chi connectivity index (χ2v) is 7.05. The second kappa shape index (κ2) is 5.86. The van der Waals surface area contributed by atoms with Crippen molar-refractivity contribution < 1.29 is 4.79 Å². The molecular weight excluding hydrogens is 260 g/mol. The van der Waals surface area contributed by atoms with Crippen LogP contribution in [0.1, 0.15) is 79.7 Å². The average Bonchev–Trinajstić information content (AvgIpc) is 3.26. The third kappa shape index (κ3) is 3.02. The highest BCUT2D eigenvalue weighted by atomic mass is 16.1. The highest BCUT2D eigenvalue weighted by Crippen LogP contribution is 2.34. The summed E-state index contributed by atoms with van der Waals surface area (Å²) in [7, 11) is 0. The van der Waals surface area contributed by atoms with E-state index in [1.54, 1.807) is 0 Å². The zero-order chi connectivity index (χ0) is 15.0. The lowest BCUT2D eigenvalue weighted by molar-refractivity contribution is 0.0935. The summed E-state index contributed by atoms with van der Waals surface area (Å²) in [5.74, 6) is 0.820. The summed E-state index contributed by atoms with van der Waals surface area (Å²) in [6.45, 7) is 6.39. The Bertz CT molecular complexity index is 522. The van der Waals surface area contributed by atoms with Crippen molar-refractivity contribution >= 4 is 5.91 Å². The molecule has 1 amide bonds. The summed E-state index contributed by atoms with van der Waals surface area (Å²) in [5.41, 5.74) is 3.27. The standard InChI is InChI=1S/C18H28N2O/c1-12-11-17(18(21)19-13(2)15-9-10-15)14(3)20(12)16-7-5-4-6-8-16/h11,13,15-16H,4-10H2,1-3H3,(H,19,21). The number of amides is 1. The van der Waals surface area contributed by atoms with E-state index in [1.165, 1.54) is 50.6 Å². The summed E-state index contributed by atoms with van der Waals surface area (Å²) < 4.78 is 2.41. The van der Waals surface area contributed by atoms with Crippen LogP contribution in [0.5, 0.6) is 0 Å². The monoisotopic (exact) mass is 288 g/mol. The van der Waals surface area contributed by atoms with Crippen molar-refractivity contribution in [2.45, 2.75) is 77.8 Å². The van der Waals surface area contributed by atoms with E-state index in [0.717, 1.165) is 11.3 Å². The molecular formula is C18H28N2O. The van der Waals surface area contributed by atoms with Gasteiger partial charge in [-0.2, -0.15) is 0 Å². The van der Waals surface area contributed by atoms with Gasteiger partial charge in [-0.15, -0.1) is 0 Å². The Balaban J connectivity index is 1.77. The molecule has 2 aliphatic carbocycles. The maximum atomic E-state index is 12.5. The zero-order valence-corrected chi connectivity index (χ0v) is 13.6. The highest BCUT2D eigenvalue weighted by Gasteiger charge is 2.30. The first-order valence-corrected chi connectivity index (χ1v) is 8.57. The predicted molar refractivity (Wildman–Crippen MR) is 85.7 cm³/mol. The van der Waals surface area contributed by atoms with Crippen molar-refractivity contribution in [3.05, 3.63) is 23.0 Å². The van der Waals surface area contributed by atoms with Crippen molar-refractivity contribution in [1.29, 1.82) is 0 Å². The van der Waals surface area contributed by atoms with Crippen molar-refractivity contribution in [3.8, 4) is 0 Å². The Morgan fingerprint density at radius 3 is 2.48 bits per heavy atom. The molecule has 3 nitrogen and oxygen atoms in total. The third-order valence-corrected chi connectivity index (χ3v) is 5.36. The van der Waals surface area contributed by atoms with Crippen LogP contribution >= 0.6 is 0 Å². The number of carbonyl (C=O) groups is 1. The molecule has 1 aromatic rings. The quantitative estimate of drug-likeness (QED) is 0.887. The number of aryl methyl sites for hydroxylation is 1. The molecule has 0 bridgehead atoms. The molecule has 1 unspecified atom stereocenters. The molecule has 1 N–H and O–H groups in total. The van der Waals surface area contributed by atoms with Crippen molar-refractivity contribution in [1.82, 2.24) is 9.88 Å². The van der Waals surface area contributed by atoms with Gasteiger partial charge in [0.05, 0.1) is 5.56 Å². The molecule has 0 aliphatic heterocycles. The van der Waals surface area contributed by atoms with E-state index < -0.39 is 0 Å². The molecule has 0 saturated heterocycles. The molecule has 3 rings (SSSR count). The van der Waals surface area contributed by atoms with Crippen molar-refractivity contribution in [2.24, 2.45) is 5.92 Å². The van der Waals surface area contributed by atoms with E-state index in [9.17, 15) is 4.79 Å². The summed E-state index contributed by atoms with van der Waals surface area (Å²) in [5, 5.41) is 3.19. The molecule has 2 fully saturated rings. The molecule has 3 heteroatoms. The molecule has 21 heavy (non-hydrogen) atoms. The molecule has 0 radical (unpaired) electrons. The van der Waals surface area contributed by atoms with Gasteiger partial charge in [0.1, 0.15) is 0 Å². The summed E-state index contributed by atoms with van der Waals surface area (Å²) in [4.78, 5) is 12.5. The fraction of sp³-hybridized carbons (Fsp3) is 0.722. The van der Waals surface area contributed by atoms with Gasteiger partial charge in [0.25, 0.3) is 5.91 Å². The summed E-state index contributed by atoms with van der Waals surface area (Å²) in [6, 6.07) is 3.00. The molecule has 0 spiro atoms. The van der Waals surface area contributed by atoms with E-state index in [2.05, 4.69) is 36.7 Å². The van der Waals surface area contributed by atoms with Crippen LogP contribution in [0.3, 0.4) is 0 Å². The Morgan fingerprint density at radius 2 is 1.86 bits per heavy atom. The molecule has 1 atom stereocenters. The average molecular weight is 288 g/mol. The number of nitrogens with zero attached hydrogens (tertiary/aromatic N) is 1. The SMILES string of the molecule is Cc1cc(C(=O)NC(C)C2CC2)c(C)n1C1CCCCC1. The Kier molecular flexibility index (Phi) is 4.10. The first-order chi connectivity index (χ1) is 10.1. The summed E-state index contributed by atoms with van der Waals surface area (Å²) >= 11 is 0. The van der Waals surface area contributed by atoms with Crippen LogP contribution in [-0.4, -0.2) is 16.5 Å². The number of nitrogens with one attached hydrogen (secondary N) is 1. The van der Waals surface area contributed by atoms with E-state index in [1.807, 2.05) is 0 Å². The van der Waals surface area contributed by atoms with E-state index in [4.69, 9.17) is 0 Å². The van der Waals surface area contributed by atoms with E-state index >= 15 is 0 Å². The van der Waals surface area contributed by atoms with Crippen LogP contribution < -0.4 is 5.32 Å². The highest BCUT2D eigenvalue weighted by molar-refractivity contribution is 5.95. The van der Waals surface area contributed by atoms with Crippen LogP contribution in [0, 0.1) is 19.8 Å². The Labute approximate surface area is 128 Å². The molecule has 2 saturated carbocycles. The zero-order valence-electron chi connectivity index (χ0n) is 13.6. The van der Waals surface area contributed by atoms with E-state index in [0.29, 0.717) is 18.0 Å². The maximum Gasteiger partial charge on any atom is 0.253 e. The number of carbonyl (C=O) groups excluding carboxylic acids is 1. The lowest BCUT2D eigenvalue weighted by Gasteiger charge is -2.26. The normalized spacial score (nSPS) is 21.3. The van der Waals surface area contributed by atoms with Crippen LogP contribution in [0.4, 0.5) is 0 Å². The second-order valence-electron chi connectivity index (χ2n) is 7.05. The van der Waals surface area contributed by atoms with Gasteiger partial charge in [-0.1, -0.05) is 19.3 Å². The largest absolute Gasteiger partial charge is 0.349 e. The Morgan fingerprint density at radius 1 is 1.19 bits per heavy atom. The maximum absolute atomic E-state index is 12.5. The van der Waals surface area contributed by atoms with Gasteiger partial charge in [-0.3, -0.25) is 4.79 Å². The van der Waals surface area contributed by atoms with Crippen LogP contribution in [0.15, 0.2) is 6.07 Å².